The van der Waals surface area contributed by atoms with Crippen LogP contribution in [0.5, 0.6) is 0 Å². The summed E-state index contributed by atoms with van der Waals surface area (Å²) in [7, 11) is 0. The van der Waals surface area contributed by atoms with Crippen LogP contribution in [0.4, 0.5) is 10.1 Å². The maximum atomic E-state index is 14.8. The van der Waals surface area contributed by atoms with Crippen LogP contribution in [0.15, 0.2) is 24.3 Å². The molecule has 24 heavy (non-hydrogen) atoms. The fourth-order valence-corrected chi connectivity index (χ4v) is 3.63. The Morgan fingerprint density at radius 3 is 2.25 bits per heavy atom. The van der Waals surface area contributed by atoms with Gasteiger partial charge in [-0.25, -0.2) is 4.39 Å². The van der Waals surface area contributed by atoms with E-state index in [2.05, 4.69) is 4.98 Å². The van der Waals surface area contributed by atoms with Crippen molar-refractivity contribution in [1.82, 2.24) is 4.98 Å². The smallest absolute Gasteiger partial charge is 0.147 e. The first-order valence-electron chi connectivity index (χ1n) is 8.18. The van der Waals surface area contributed by atoms with Gasteiger partial charge in [0, 0.05) is 30.0 Å². The molecule has 1 aromatic carbocycles. The van der Waals surface area contributed by atoms with Gasteiger partial charge in [-0.05, 0) is 57.5 Å². The van der Waals surface area contributed by atoms with E-state index in [0.29, 0.717) is 29.4 Å². The molecule has 0 amide bonds. The van der Waals surface area contributed by atoms with Gasteiger partial charge in [0.2, 0.25) is 0 Å². The van der Waals surface area contributed by atoms with E-state index in [0.717, 1.165) is 17.0 Å². The van der Waals surface area contributed by atoms with Crippen LogP contribution >= 0.6 is 11.6 Å². The zero-order chi connectivity index (χ0) is 17.4. The summed E-state index contributed by atoms with van der Waals surface area (Å²) in [5.74, 6) is -0.261. The number of nitrogens with zero attached hydrogens (tertiary/aromatic N) is 2. The lowest BCUT2D eigenvalue weighted by Crippen LogP contribution is -2.45. The fourth-order valence-electron chi connectivity index (χ4n) is 3.36. The number of aryl methyl sites for hydroxylation is 2. The van der Waals surface area contributed by atoms with Crippen molar-refractivity contribution in [2.24, 2.45) is 0 Å². The average molecular weight is 349 g/mol. The summed E-state index contributed by atoms with van der Waals surface area (Å²) in [5.41, 5.74) is 3.90. The molecule has 1 fully saturated rings. The molecule has 2 heterocycles. The Morgan fingerprint density at radius 1 is 1.08 bits per heavy atom. The van der Waals surface area contributed by atoms with Crippen molar-refractivity contribution in [1.29, 1.82) is 0 Å². The normalized spacial score (nSPS) is 21.2. The second-order valence-electron chi connectivity index (χ2n) is 6.58. The van der Waals surface area contributed by atoms with Gasteiger partial charge in [-0.15, -0.1) is 0 Å². The summed E-state index contributed by atoms with van der Waals surface area (Å²) in [5, 5.41) is 0.545. The molecule has 1 aliphatic rings. The second kappa shape index (κ2) is 6.69. The number of hydrogen-bond donors (Lipinski definition) is 0. The van der Waals surface area contributed by atoms with Gasteiger partial charge in [-0.2, -0.15) is 0 Å². The zero-order valence-corrected chi connectivity index (χ0v) is 15.2. The largest absolute Gasteiger partial charge is 0.372 e. The Hall–Kier alpha value is -1.65. The van der Waals surface area contributed by atoms with E-state index in [1.807, 2.05) is 44.7 Å². The van der Waals surface area contributed by atoms with Crippen LogP contribution in [0.25, 0.3) is 11.1 Å². The number of pyridine rings is 1. The van der Waals surface area contributed by atoms with Gasteiger partial charge in [-0.1, -0.05) is 11.6 Å². The van der Waals surface area contributed by atoms with Gasteiger partial charge in [0.05, 0.1) is 22.9 Å². The van der Waals surface area contributed by atoms with Crippen LogP contribution in [0.2, 0.25) is 5.02 Å². The molecule has 1 aromatic heterocycles. The number of ether oxygens (including phenoxy) is 1. The van der Waals surface area contributed by atoms with E-state index in [1.165, 1.54) is 6.07 Å². The fraction of sp³-hybridized carbons (Fsp3) is 0.421. The van der Waals surface area contributed by atoms with Crippen molar-refractivity contribution in [3.8, 4) is 11.1 Å². The molecule has 3 nitrogen and oxygen atoms in total. The average Bonchev–Trinajstić information content (AvgIpc) is 2.47. The van der Waals surface area contributed by atoms with Crippen LogP contribution in [-0.2, 0) is 4.74 Å². The predicted molar refractivity (Wildman–Crippen MR) is 96.3 cm³/mol. The Morgan fingerprint density at radius 2 is 1.67 bits per heavy atom. The molecule has 0 unspecified atom stereocenters. The molecule has 128 valence electrons. The third-order valence-electron chi connectivity index (χ3n) is 4.19. The Balaban J connectivity index is 2.00. The number of halogens is 2. The van der Waals surface area contributed by atoms with Crippen LogP contribution in [0, 0.1) is 19.7 Å². The maximum Gasteiger partial charge on any atom is 0.147 e. The molecule has 1 aliphatic heterocycles. The highest BCUT2D eigenvalue weighted by Crippen LogP contribution is 2.35. The van der Waals surface area contributed by atoms with Crippen LogP contribution < -0.4 is 4.90 Å². The molecule has 0 saturated carbocycles. The Bertz CT molecular complexity index is 735. The minimum Gasteiger partial charge on any atom is -0.372 e. The third-order valence-corrected chi connectivity index (χ3v) is 4.50. The molecule has 2 aromatic rings. The van der Waals surface area contributed by atoms with E-state index < -0.39 is 0 Å². The molecule has 5 heteroatoms. The molecule has 0 spiro atoms. The molecule has 0 radical (unpaired) electrons. The van der Waals surface area contributed by atoms with Crippen LogP contribution in [-0.4, -0.2) is 30.3 Å². The maximum absolute atomic E-state index is 14.8. The van der Waals surface area contributed by atoms with Gasteiger partial charge in [-0.3, -0.25) is 4.98 Å². The highest BCUT2D eigenvalue weighted by molar-refractivity contribution is 6.33. The van der Waals surface area contributed by atoms with E-state index in [-0.39, 0.29) is 18.0 Å². The minimum absolute atomic E-state index is 0.0668. The van der Waals surface area contributed by atoms with E-state index in [1.54, 1.807) is 6.07 Å². The highest BCUT2D eigenvalue weighted by Gasteiger charge is 2.25. The zero-order valence-electron chi connectivity index (χ0n) is 14.4. The topological polar surface area (TPSA) is 25.4 Å². The number of morpholine rings is 1. The first kappa shape index (κ1) is 17.2. The van der Waals surface area contributed by atoms with Crippen molar-refractivity contribution < 1.29 is 9.13 Å². The Labute approximate surface area is 147 Å². The highest BCUT2D eigenvalue weighted by atomic mass is 35.5. The summed E-state index contributed by atoms with van der Waals surface area (Å²) in [6, 6.07) is 7.09. The van der Waals surface area contributed by atoms with Crippen molar-refractivity contribution in [2.75, 3.05) is 18.0 Å². The quantitative estimate of drug-likeness (QED) is 0.781. The van der Waals surface area contributed by atoms with Crippen LogP contribution in [0.3, 0.4) is 0 Å². The summed E-state index contributed by atoms with van der Waals surface area (Å²) in [6.45, 7) is 9.16. The van der Waals surface area contributed by atoms with Gasteiger partial charge in [0.25, 0.3) is 0 Å². The molecular formula is C19H22ClFN2O. The van der Waals surface area contributed by atoms with Crippen molar-refractivity contribution in [2.45, 2.75) is 39.9 Å². The van der Waals surface area contributed by atoms with E-state index in [4.69, 9.17) is 16.3 Å². The molecule has 0 aliphatic carbocycles. The van der Waals surface area contributed by atoms with Gasteiger partial charge < -0.3 is 9.64 Å². The summed E-state index contributed by atoms with van der Waals surface area (Å²) in [4.78, 5) is 6.37. The van der Waals surface area contributed by atoms with Gasteiger partial charge in [0.1, 0.15) is 5.82 Å². The first-order chi connectivity index (χ1) is 11.3. The van der Waals surface area contributed by atoms with Crippen molar-refractivity contribution in [3.05, 3.63) is 46.5 Å². The SMILES string of the molecule is Cc1cc(-c2cc(F)c(N3C[C@@H](C)O[C@@H](C)C3)cc2Cl)cc(C)n1. The summed E-state index contributed by atoms with van der Waals surface area (Å²) >= 11 is 6.49. The lowest BCUT2D eigenvalue weighted by molar-refractivity contribution is -0.00539. The van der Waals surface area contributed by atoms with Gasteiger partial charge >= 0.3 is 0 Å². The molecule has 2 atom stereocenters. The van der Waals surface area contributed by atoms with Crippen molar-refractivity contribution >= 4 is 17.3 Å². The number of aromatic nitrogens is 1. The molecule has 1 saturated heterocycles. The Kier molecular flexibility index (Phi) is 4.79. The summed E-state index contributed by atoms with van der Waals surface area (Å²) < 4.78 is 20.5. The minimum atomic E-state index is -0.261. The number of benzene rings is 1. The summed E-state index contributed by atoms with van der Waals surface area (Å²) in [6.07, 6.45) is 0.134. The second-order valence-corrected chi connectivity index (χ2v) is 6.99. The number of rotatable bonds is 2. The first-order valence-corrected chi connectivity index (χ1v) is 8.56. The van der Waals surface area contributed by atoms with Crippen LogP contribution in [0.1, 0.15) is 25.2 Å². The lowest BCUT2D eigenvalue weighted by Gasteiger charge is -2.37. The number of anilines is 1. The molecule has 0 bridgehead atoms. The van der Waals surface area contributed by atoms with E-state index >= 15 is 0 Å². The van der Waals surface area contributed by atoms with Crippen molar-refractivity contribution in [3.63, 3.8) is 0 Å². The molecule has 0 N–H and O–H groups in total. The van der Waals surface area contributed by atoms with E-state index in [9.17, 15) is 4.39 Å². The predicted octanol–water partition coefficient (Wildman–Crippen LogP) is 4.77. The standard InChI is InChI=1S/C19H22ClFN2O/c1-11-5-15(6-12(2)22-11)16-7-18(21)19(8-17(16)20)23-9-13(3)24-14(4)10-23/h5-8,13-14H,9-10H2,1-4H3/t13-,14+. The number of hydrogen-bond acceptors (Lipinski definition) is 3. The molecular weight excluding hydrogens is 327 g/mol. The third kappa shape index (κ3) is 3.55. The lowest BCUT2D eigenvalue weighted by atomic mass is 10.0. The monoisotopic (exact) mass is 348 g/mol. The molecule has 3 rings (SSSR count). The van der Waals surface area contributed by atoms with Gasteiger partial charge in [0.15, 0.2) is 0 Å².